The second kappa shape index (κ2) is 6.75. The van der Waals surface area contributed by atoms with Crippen LogP contribution in [0.15, 0.2) is 59.9 Å². The maximum absolute atomic E-state index is 4.49. The molecule has 1 unspecified atom stereocenters. The number of rotatable bonds is 3. The van der Waals surface area contributed by atoms with Crippen molar-refractivity contribution in [3.05, 3.63) is 76.8 Å². The molecule has 1 aromatic carbocycles. The predicted molar refractivity (Wildman–Crippen MR) is 96.0 cm³/mol. The van der Waals surface area contributed by atoms with Crippen molar-refractivity contribution in [1.82, 2.24) is 20.7 Å². The lowest BCUT2D eigenvalue weighted by Gasteiger charge is -2.24. The average Bonchev–Trinajstić information content (AvgIpc) is 2.79. The van der Waals surface area contributed by atoms with Crippen LogP contribution in [0.5, 0.6) is 0 Å². The Kier molecular flexibility index (Phi) is 4.32. The molecule has 124 valence electrons. The first-order valence-corrected chi connectivity index (χ1v) is 8.74. The van der Waals surface area contributed by atoms with E-state index in [2.05, 4.69) is 64.1 Å². The van der Waals surface area contributed by atoms with E-state index >= 15 is 0 Å². The van der Waals surface area contributed by atoms with Crippen LogP contribution in [0.25, 0.3) is 0 Å². The van der Waals surface area contributed by atoms with Gasteiger partial charge in [-0.25, -0.2) is 5.43 Å². The second-order valence-electron chi connectivity index (χ2n) is 6.60. The van der Waals surface area contributed by atoms with E-state index in [0.717, 1.165) is 38.2 Å². The lowest BCUT2D eigenvalue weighted by molar-refractivity contribution is 0.235. The minimum Gasteiger partial charge on any atom is -0.316 e. The van der Waals surface area contributed by atoms with E-state index in [1.807, 2.05) is 12.3 Å². The summed E-state index contributed by atoms with van der Waals surface area (Å²) in [5.74, 6) is 0. The summed E-state index contributed by atoms with van der Waals surface area (Å²) in [6.45, 7) is 5.04. The third-order valence-corrected chi connectivity index (χ3v) is 4.90. The van der Waals surface area contributed by atoms with Gasteiger partial charge in [-0.1, -0.05) is 35.9 Å². The van der Waals surface area contributed by atoms with Crippen molar-refractivity contribution in [3.8, 4) is 0 Å². The van der Waals surface area contributed by atoms with Crippen molar-refractivity contribution in [2.75, 3.05) is 13.1 Å². The molecule has 2 aromatic rings. The van der Waals surface area contributed by atoms with Crippen LogP contribution in [-0.4, -0.2) is 23.1 Å². The fourth-order valence-electron chi connectivity index (χ4n) is 3.62. The van der Waals surface area contributed by atoms with Gasteiger partial charge in [0.05, 0.1) is 18.3 Å². The molecule has 0 amide bonds. The normalized spacial score (nSPS) is 20.9. The number of aryl methyl sites for hydroxylation is 1. The van der Waals surface area contributed by atoms with Crippen LogP contribution < -0.4 is 10.7 Å². The van der Waals surface area contributed by atoms with E-state index in [1.54, 1.807) is 0 Å². The predicted octanol–water partition coefficient (Wildman–Crippen LogP) is 3.09. The number of hydrogen-bond acceptors (Lipinski definition) is 4. The third-order valence-electron chi connectivity index (χ3n) is 4.90. The molecule has 0 bridgehead atoms. The van der Waals surface area contributed by atoms with E-state index in [1.165, 1.54) is 22.4 Å². The summed E-state index contributed by atoms with van der Waals surface area (Å²) in [6.07, 6.45) is 4.03. The molecule has 4 rings (SSSR count). The number of hydrogen-bond donors (Lipinski definition) is 2. The molecule has 0 saturated heterocycles. The van der Waals surface area contributed by atoms with Crippen molar-refractivity contribution in [3.63, 3.8) is 0 Å². The van der Waals surface area contributed by atoms with Crippen LogP contribution in [0.1, 0.15) is 35.7 Å². The van der Waals surface area contributed by atoms with E-state index in [4.69, 9.17) is 0 Å². The number of benzene rings is 1. The van der Waals surface area contributed by atoms with Crippen molar-refractivity contribution in [2.24, 2.45) is 0 Å². The summed E-state index contributed by atoms with van der Waals surface area (Å²) in [5.41, 5.74) is 10.5. The van der Waals surface area contributed by atoms with Gasteiger partial charge < -0.3 is 10.3 Å². The largest absolute Gasteiger partial charge is 0.316 e. The first-order valence-electron chi connectivity index (χ1n) is 8.74. The van der Waals surface area contributed by atoms with E-state index in [9.17, 15) is 0 Å². The van der Waals surface area contributed by atoms with Gasteiger partial charge in [0.2, 0.25) is 0 Å². The molecule has 0 spiro atoms. The Bertz CT molecular complexity index is 721. The number of nitrogens with one attached hydrogen (secondary N) is 2. The zero-order valence-corrected chi connectivity index (χ0v) is 14.1. The van der Waals surface area contributed by atoms with Gasteiger partial charge in [0.1, 0.15) is 0 Å². The molecular formula is C20H24N4. The Morgan fingerprint density at radius 2 is 1.92 bits per heavy atom. The van der Waals surface area contributed by atoms with Gasteiger partial charge in [-0.15, -0.1) is 0 Å². The fourth-order valence-corrected chi connectivity index (χ4v) is 3.62. The highest BCUT2D eigenvalue weighted by molar-refractivity contribution is 5.36. The Morgan fingerprint density at radius 1 is 1.08 bits per heavy atom. The van der Waals surface area contributed by atoms with Crippen molar-refractivity contribution >= 4 is 0 Å². The first-order chi connectivity index (χ1) is 11.8. The summed E-state index contributed by atoms with van der Waals surface area (Å²) in [6, 6.07) is 15.3. The minimum atomic E-state index is 0.282. The third kappa shape index (κ3) is 3.07. The topological polar surface area (TPSA) is 40.2 Å². The van der Waals surface area contributed by atoms with Crippen LogP contribution in [0.3, 0.4) is 0 Å². The number of hydrazine groups is 1. The molecule has 2 aliphatic rings. The molecule has 0 fully saturated rings. The zero-order chi connectivity index (χ0) is 16.4. The maximum Gasteiger partial charge on any atom is 0.0763 e. The quantitative estimate of drug-likeness (QED) is 0.912. The van der Waals surface area contributed by atoms with Crippen molar-refractivity contribution in [2.45, 2.75) is 32.4 Å². The van der Waals surface area contributed by atoms with E-state index in [0.29, 0.717) is 0 Å². The highest BCUT2D eigenvalue weighted by Crippen LogP contribution is 2.36. The Labute approximate surface area is 143 Å². The summed E-state index contributed by atoms with van der Waals surface area (Å²) >= 11 is 0. The molecule has 4 heteroatoms. The number of pyridine rings is 1. The SMILES string of the molecule is Cc1ccc(C2NN(Cc3ccccn3)C3=C2CCNCC3)cc1. The standard InChI is InChI=1S/C20H24N4/c1-15-5-7-16(8-6-15)20-18-9-12-21-13-10-19(18)24(23-20)14-17-4-2-3-11-22-17/h2-8,11,20-21,23H,9-10,12-14H2,1H3. The Morgan fingerprint density at radius 3 is 2.71 bits per heavy atom. The summed E-state index contributed by atoms with van der Waals surface area (Å²) < 4.78 is 0. The highest BCUT2D eigenvalue weighted by atomic mass is 15.5. The molecule has 1 atom stereocenters. The van der Waals surface area contributed by atoms with Gasteiger partial charge >= 0.3 is 0 Å². The van der Waals surface area contributed by atoms with Crippen molar-refractivity contribution < 1.29 is 0 Å². The number of aromatic nitrogens is 1. The van der Waals surface area contributed by atoms with Gasteiger partial charge in [-0.3, -0.25) is 4.98 Å². The molecule has 1 aromatic heterocycles. The molecule has 4 nitrogen and oxygen atoms in total. The lowest BCUT2D eigenvalue weighted by atomic mass is 9.95. The molecule has 2 N–H and O–H groups in total. The van der Waals surface area contributed by atoms with Gasteiger partial charge in [0.15, 0.2) is 0 Å². The van der Waals surface area contributed by atoms with Crippen molar-refractivity contribution in [1.29, 1.82) is 0 Å². The molecule has 0 aliphatic carbocycles. The highest BCUT2D eigenvalue weighted by Gasteiger charge is 2.32. The van der Waals surface area contributed by atoms with Gasteiger partial charge in [0.25, 0.3) is 0 Å². The number of nitrogens with zero attached hydrogens (tertiary/aromatic N) is 2. The average molecular weight is 320 g/mol. The zero-order valence-electron chi connectivity index (χ0n) is 14.1. The smallest absolute Gasteiger partial charge is 0.0763 e. The van der Waals surface area contributed by atoms with Gasteiger partial charge in [0, 0.05) is 24.9 Å². The van der Waals surface area contributed by atoms with Crippen LogP contribution >= 0.6 is 0 Å². The van der Waals surface area contributed by atoms with E-state index in [-0.39, 0.29) is 6.04 Å². The monoisotopic (exact) mass is 320 g/mol. The van der Waals surface area contributed by atoms with Gasteiger partial charge in [-0.05, 0) is 43.2 Å². The summed E-state index contributed by atoms with van der Waals surface area (Å²) in [7, 11) is 0. The van der Waals surface area contributed by atoms with E-state index < -0.39 is 0 Å². The van der Waals surface area contributed by atoms with Crippen LogP contribution in [0.4, 0.5) is 0 Å². The Hall–Kier alpha value is -2.17. The minimum absolute atomic E-state index is 0.282. The second-order valence-corrected chi connectivity index (χ2v) is 6.60. The van der Waals surface area contributed by atoms with Crippen LogP contribution in [0.2, 0.25) is 0 Å². The molecule has 0 radical (unpaired) electrons. The summed E-state index contributed by atoms with van der Waals surface area (Å²) in [4.78, 5) is 4.49. The molecule has 24 heavy (non-hydrogen) atoms. The Balaban J connectivity index is 1.64. The lowest BCUT2D eigenvalue weighted by Crippen LogP contribution is -2.34. The molecule has 3 heterocycles. The first kappa shape index (κ1) is 15.4. The molecule has 0 saturated carbocycles. The molecular weight excluding hydrogens is 296 g/mol. The van der Waals surface area contributed by atoms with Gasteiger partial charge in [-0.2, -0.15) is 0 Å². The van der Waals surface area contributed by atoms with Crippen LogP contribution in [0, 0.1) is 6.92 Å². The fraction of sp³-hybridized carbons (Fsp3) is 0.350. The maximum atomic E-state index is 4.49. The molecule has 2 aliphatic heterocycles. The van der Waals surface area contributed by atoms with Crippen LogP contribution in [-0.2, 0) is 6.54 Å². The summed E-state index contributed by atoms with van der Waals surface area (Å²) in [5, 5.41) is 5.84.